The van der Waals surface area contributed by atoms with Crippen molar-refractivity contribution in [2.75, 3.05) is 0 Å². The molecule has 1 N–H and O–H groups in total. The van der Waals surface area contributed by atoms with E-state index in [9.17, 15) is 17.4 Å². The molecule has 1 aromatic rings. The first-order valence-electron chi connectivity index (χ1n) is 3.11. The second kappa shape index (κ2) is 3.15. The first-order chi connectivity index (χ1) is 5.82. The van der Waals surface area contributed by atoms with Crippen LogP contribution < -0.4 is 0 Å². The van der Waals surface area contributed by atoms with Crippen molar-refractivity contribution in [1.82, 2.24) is 0 Å². The molecule has 0 radical (unpaired) electrons. The first kappa shape index (κ1) is 10.3. The topological polar surface area (TPSA) is 50.4 Å². The molecule has 1 heterocycles. The molecule has 0 aliphatic rings. The molecule has 0 aliphatic heterocycles. The van der Waals surface area contributed by atoms with Crippen LogP contribution in [0.3, 0.4) is 0 Å². The molecule has 0 spiro atoms. The van der Waals surface area contributed by atoms with Crippen LogP contribution in [0.25, 0.3) is 0 Å². The third-order valence-electron chi connectivity index (χ3n) is 1.27. The van der Waals surface area contributed by atoms with Crippen molar-refractivity contribution in [2.24, 2.45) is 0 Å². The van der Waals surface area contributed by atoms with Crippen LogP contribution >= 0.6 is 0 Å². The average molecular weight is 214 g/mol. The van der Waals surface area contributed by atoms with Crippen LogP contribution in [-0.4, -0.2) is 8.76 Å². The molecule has 74 valence electrons. The van der Waals surface area contributed by atoms with E-state index in [0.717, 1.165) is 6.07 Å². The maximum atomic E-state index is 12.1. The Morgan fingerprint density at radius 1 is 1.54 bits per heavy atom. The fourth-order valence-electron chi connectivity index (χ4n) is 0.818. The van der Waals surface area contributed by atoms with Gasteiger partial charge in [-0.1, -0.05) is 0 Å². The number of alkyl halides is 3. The van der Waals surface area contributed by atoms with E-state index in [0.29, 0.717) is 0 Å². The molecule has 0 saturated carbocycles. The first-order valence-corrected chi connectivity index (χ1v) is 4.21. The third kappa shape index (κ3) is 2.10. The maximum absolute atomic E-state index is 12.1. The maximum Gasteiger partial charge on any atom is 0.450 e. The summed E-state index contributed by atoms with van der Waals surface area (Å²) in [7, 11) is 0. The smallest absolute Gasteiger partial charge is 0.450 e. The molecule has 0 saturated heterocycles. The summed E-state index contributed by atoms with van der Waals surface area (Å²) < 4.78 is 59.4. The minimum Gasteiger partial charge on any atom is -0.455 e. The SMILES string of the molecule is Cc1cc(S(=O)O)c(C(F)(F)F)o1. The Labute approximate surface area is 73.8 Å². The van der Waals surface area contributed by atoms with Gasteiger partial charge in [-0.15, -0.1) is 0 Å². The van der Waals surface area contributed by atoms with Crippen LogP contribution in [0.1, 0.15) is 11.5 Å². The van der Waals surface area contributed by atoms with Crippen LogP contribution in [0, 0.1) is 6.92 Å². The lowest BCUT2D eigenvalue weighted by atomic mass is 10.4. The summed E-state index contributed by atoms with van der Waals surface area (Å²) in [5.74, 6) is -1.46. The molecule has 0 bridgehead atoms. The quantitative estimate of drug-likeness (QED) is 0.729. The van der Waals surface area contributed by atoms with Crippen LogP contribution in [0.2, 0.25) is 0 Å². The standard InChI is InChI=1S/C6H5F3O3S/c1-3-2-4(13(10)11)5(12-3)6(7,8)9/h2H,1H3,(H,10,11). The van der Waals surface area contributed by atoms with E-state index >= 15 is 0 Å². The fourth-order valence-corrected chi connectivity index (χ4v) is 1.40. The average Bonchev–Trinajstić information content (AvgIpc) is 2.29. The van der Waals surface area contributed by atoms with Gasteiger partial charge in [-0.2, -0.15) is 13.2 Å². The zero-order valence-corrected chi connectivity index (χ0v) is 7.20. The number of halogens is 3. The highest BCUT2D eigenvalue weighted by Gasteiger charge is 2.39. The predicted octanol–water partition coefficient (Wildman–Crippen LogP) is 2.19. The van der Waals surface area contributed by atoms with Crippen molar-refractivity contribution in [1.29, 1.82) is 0 Å². The molecule has 1 rings (SSSR count). The zero-order valence-electron chi connectivity index (χ0n) is 6.38. The zero-order chi connectivity index (χ0) is 10.2. The van der Waals surface area contributed by atoms with E-state index in [2.05, 4.69) is 4.42 Å². The second-order valence-electron chi connectivity index (χ2n) is 2.30. The van der Waals surface area contributed by atoms with E-state index < -0.39 is 27.9 Å². The Bertz CT molecular complexity index is 341. The summed E-state index contributed by atoms with van der Waals surface area (Å²) in [6, 6.07) is 0.888. The molecule has 0 fully saturated rings. The highest BCUT2D eigenvalue weighted by atomic mass is 32.2. The van der Waals surface area contributed by atoms with Gasteiger partial charge in [0.15, 0.2) is 11.1 Å². The summed E-state index contributed by atoms with van der Waals surface area (Å²) >= 11 is -2.68. The Morgan fingerprint density at radius 3 is 2.38 bits per heavy atom. The lowest BCUT2D eigenvalue weighted by Crippen LogP contribution is -2.07. The molecular weight excluding hydrogens is 209 g/mol. The van der Waals surface area contributed by atoms with E-state index in [1.807, 2.05) is 0 Å². The lowest BCUT2D eigenvalue weighted by Gasteiger charge is -2.02. The number of hydrogen-bond donors (Lipinski definition) is 1. The van der Waals surface area contributed by atoms with Gasteiger partial charge in [-0.05, 0) is 13.0 Å². The second-order valence-corrected chi connectivity index (χ2v) is 3.24. The summed E-state index contributed by atoms with van der Waals surface area (Å²) in [4.78, 5) is -0.745. The van der Waals surface area contributed by atoms with Gasteiger partial charge in [0.25, 0.3) is 0 Å². The van der Waals surface area contributed by atoms with Gasteiger partial charge in [-0.3, -0.25) is 0 Å². The van der Waals surface area contributed by atoms with Crippen LogP contribution in [0.5, 0.6) is 0 Å². The van der Waals surface area contributed by atoms with E-state index in [1.165, 1.54) is 6.92 Å². The molecule has 1 atom stereocenters. The molecule has 7 heteroatoms. The third-order valence-corrected chi connectivity index (χ3v) is 1.95. The molecule has 3 nitrogen and oxygen atoms in total. The fraction of sp³-hybridized carbons (Fsp3) is 0.333. The summed E-state index contributed by atoms with van der Waals surface area (Å²) in [6.07, 6.45) is -4.73. The Morgan fingerprint density at radius 2 is 2.08 bits per heavy atom. The van der Waals surface area contributed by atoms with Crippen molar-refractivity contribution in [3.05, 3.63) is 17.6 Å². The molecule has 0 aromatic carbocycles. The van der Waals surface area contributed by atoms with Crippen molar-refractivity contribution in [3.63, 3.8) is 0 Å². The normalized spacial score (nSPS) is 14.5. The van der Waals surface area contributed by atoms with Gasteiger partial charge in [0.2, 0.25) is 5.76 Å². The predicted molar refractivity (Wildman–Crippen MR) is 37.5 cm³/mol. The van der Waals surface area contributed by atoms with Gasteiger partial charge in [0.1, 0.15) is 10.7 Å². The highest BCUT2D eigenvalue weighted by Crippen LogP contribution is 2.35. The van der Waals surface area contributed by atoms with E-state index in [1.54, 1.807) is 0 Å². The largest absolute Gasteiger partial charge is 0.455 e. The van der Waals surface area contributed by atoms with Crippen molar-refractivity contribution < 1.29 is 26.4 Å². The minimum absolute atomic E-state index is 0.0512. The number of furan rings is 1. The van der Waals surface area contributed by atoms with Gasteiger partial charge in [-0.25, -0.2) is 4.21 Å². The van der Waals surface area contributed by atoms with Crippen molar-refractivity contribution in [3.8, 4) is 0 Å². The molecule has 1 aromatic heterocycles. The number of rotatable bonds is 1. The summed E-state index contributed by atoms with van der Waals surface area (Å²) in [5, 5.41) is 0. The van der Waals surface area contributed by atoms with Gasteiger partial charge in [0, 0.05) is 0 Å². The van der Waals surface area contributed by atoms with Gasteiger partial charge < -0.3 is 8.97 Å². The monoisotopic (exact) mass is 214 g/mol. The molecule has 0 amide bonds. The molecule has 0 aliphatic carbocycles. The van der Waals surface area contributed by atoms with Crippen LogP contribution in [0.4, 0.5) is 13.2 Å². The molecule has 13 heavy (non-hydrogen) atoms. The summed E-state index contributed by atoms with van der Waals surface area (Å²) in [5.41, 5.74) is 0. The Hall–Kier alpha value is -0.820. The number of hydrogen-bond acceptors (Lipinski definition) is 2. The van der Waals surface area contributed by atoms with Crippen LogP contribution in [-0.2, 0) is 17.3 Å². The van der Waals surface area contributed by atoms with Gasteiger partial charge >= 0.3 is 6.18 Å². The minimum atomic E-state index is -4.73. The van der Waals surface area contributed by atoms with Crippen LogP contribution in [0.15, 0.2) is 15.4 Å². The summed E-state index contributed by atoms with van der Waals surface area (Å²) in [6.45, 7) is 1.27. The van der Waals surface area contributed by atoms with Gasteiger partial charge in [0.05, 0.1) is 0 Å². The molecule has 1 unspecified atom stereocenters. The highest BCUT2D eigenvalue weighted by molar-refractivity contribution is 7.79. The van der Waals surface area contributed by atoms with E-state index in [4.69, 9.17) is 4.55 Å². The molecular formula is C6H5F3O3S. The van der Waals surface area contributed by atoms with Crippen molar-refractivity contribution >= 4 is 11.1 Å². The lowest BCUT2D eigenvalue weighted by molar-refractivity contribution is -0.155. The van der Waals surface area contributed by atoms with Crippen molar-refractivity contribution in [2.45, 2.75) is 18.0 Å². The number of aryl methyl sites for hydroxylation is 1. The van der Waals surface area contributed by atoms with E-state index in [-0.39, 0.29) is 5.76 Å². The Kier molecular flexibility index (Phi) is 2.49. The Balaban J connectivity index is 3.28.